The summed E-state index contributed by atoms with van der Waals surface area (Å²) in [6.45, 7) is 3.18. The summed E-state index contributed by atoms with van der Waals surface area (Å²) in [4.78, 5) is 22.8. The van der Waals surface area contributed by atoms with E-state index in [1.54, 1.807) is 6.33 Å². The molecule has 0 aliphatic heterocycles. The van der Waals surface area contributed by atoms with Crippen molar-refractivity contribution in [1.82, 2.24) is 9.97 Å². The van der Waals surface area contributed by atoms with Crippen molar-refractivity contribution in [3.05, 3.63) is 16.8 Å². The van der Waals surface area contributed by atoms with Crippen molar-refractivity contribution >= 4 is 33.3 Å². The number of thiophene rings is 1. The van der Waals surface area contributed by atoms with E-state index in [-0.39, 0.29) is 5.97 Å². The van der Waals surface area contributed by atoms with Gasteiger partial charge in [-0.05, 0) is 51.0 Å². The molecule has 0 fully saturated rings. The van der Waals surface area contributed by atoms with Crippen molar-refractivity contribution in [3.8, 4) is 0 Å². The van der Waals surface area contributed by atoms with Gasteiger partial charge in [0.05, 0.1) is 12.0 Å². The number of nitrogens with zero attached hydrogens (tertiary/aromatic N) is 2. The van der Waals surface area contributed by atoms with E-state index in [1.165, 1.54) is 35.1 Å². The Morgan fingerprint density at radius 1 is 1.25 bits per heavy atom. The molecule has 130 valence electrons. The Morgan fingerprint density at radius 2 is 2.12 bits per heavy atom. The molecular weight excluding hydrogens is 322 g/mol. The molecule has 2 aromatic heterocycles. The topological polar surface area (TPSA) is 64.1 Å². The highest BCUT2D eigenvalue weighted by Crippen LogP contribution is 2.38. The fourth-order valence-corrected chi connectivity index (χ4v) is 4.46. The molecule has 1 aliphatic rings. The van der Waals surface area contributed by atoms with Crippen LogP contribution >= 0.6 is 11.3 Å². The third-order valence-corrected chi connectivity index (χ3v) is 5.61. The second-order valence-corrected chi connectivity index (χ2v) is 7.24. The Labute approximate surface area is 146 Å². The summed E-state index contributed by atoms with van der Waals surface area (Å²) < 4.78 is 4.94. The predicted octanol–water partition coefficient (Wildman–Crippen LogP) is 4.11. The van der Waals surface area contributed by atoms with Gasteiger partial charge in [-0.15, -0.1) is 11.3 Å². The third kappa shape index (κ3) is 4.04. The summed E-state index contributed by atoms with van der Waals surface area (Å²) in [6.07, 6.45) is 9.99. The van der Waals surface area contributed by atoms with E-state index in [4.69, 9.17) is 4.74 Å². The van der Waals surface area contributed by atoms with Crippen LogP contribution in [0, 0.1) is 0 Å². The van der Waals surface area contributed by atoms with Crippen LogP contribution in [0.4, 0.5) is 5.82 Å². The first kappa shape index (κ1) is 17.1. The second-order valence-electron chi connectivity index (χ2n) is 6.16. The smallest absolute Gasteiger partial charge is 0.305 e. The fraction of sp³-hybridized carbons (Fsp3) is 0.611. The normalized spacial score (nSPS) is 13.7. The van der Waals surface area contributed by atoms with E-state index in [0.717, 1.165) is 42.9 Å². The number of hydrogen-bond acceptors (Lipinski definition) is 6. The van der Waals surface area contributed by atoms with Crippen LogP contribution in [0.1, 0.15) is 55.9 Å². The van der Waals surface area contributed by atoms with Gasteiger partial charge in [0.25, 0.3) is 0 Å². The van der Waals surface area contributed by atoms with E-state index in [1.807, 2.05) is 18.3 Å². The highest BCUT2D eigenvalue weighted by atomic mass is 32.1. The molecule has 0 aromatic carbocycles. The van der Waals surface area contributed by atoms with Gasteiger partial charge in [-0.1, -0.05) is 6.42 Å². The summed E-state index contributed by atoms with van der Waals surface area (Å²) in [5, 5.41) is 4.72. The molecular formula is C18H25N3O2S. The first-order chi connectivity index (χ1) is 11.8. The molecule has 6 heteroatoms. The minimum atomic E-state index is -0.0899. The number of hydrogen-bond donors (Lipinski definition) is 1. The first-order valence-electron chi connectivity index (χ1n) is 8.94. The molecule has 1 N–H and O–H groups in total. The van der Waals surface area contributed by atoms with Crippen LogP contribution in [0.15, 0.2) is 6.33 Å². The maximum Gasteiger partial charge on any atom is 0.305 e. The molecule has 0 radical (unpaired) electrons. The average Bonchev–Trinajstić information content (AvgIpc) is 2.97. The van der Waals surface area contributed by atoms with Crippen LogP contribution in [0.25, 0.3) is 10.2 Å². The van der Waals surface area contributed by atoms with E-state index < -0.39 is 0 Å². The standard InChI is InChI=1S/C18H25N3O2S/c1-2-23-15(22)10-4-3-7-11-19-17-16-13-8-5-6-9-14(13)24-18(16)21-12-20-17/h12H,2-11H2,1H3,(H,19,20,21). The van der Waals surface area contributed by atoms with Gasteiger partial charge < -0.3 is 10.1 Å². The van der Waals surface area contributed by atoms with Gasteiger partial charge in [0.15, 0.2) is 0 Å². The Hall–Kier alpha value is -1.69. The van der Waals surface area contributed by atoms with E-state index in [0.29, 0.717) is 13.0 Å². The van der Waals surface area contributed by atoms with Gasteiger partial charge in [0.1, 0.15) is 17.0 Å². The SMILES string of the molecule is CCOC(=O)CCCCCNc1ncnc2sc3c(c12)CCCC3. The predicted molar refractivity (Wildman–Crippen MR) is 97.6 cm³/mol. The zero-order valence-electron chi connectivity index (χ0n) is 14.3. The summed E-state index contributed by atoms with van der Waals surface area (Å²) in [5.74, 6) is 0.887. The number of carbonyl (C=O) groups excluding carboxylic acids is 1. The zero-order chi connectivity index (χ0) is 16.8. The minimum absolute atomic E-state index is 0.0899. The van der Waals surface area contributed by atoms with Gasteiger partial charge in [-0.3, -0.25) is 4.79 Å². The lowest BCUT2D eigenvalue weighted by atomic mass is 9.97. The molecule has 2 aromatic rings. The van der Waals surface area contributed by atoms with Crippen molar-refractivity contribution in [2.24, 2.45) is 0 Å². The van der Waals surface area contributed by atoms with E-state index >= 15 is 0 Å². The maximum atomic E-state index is 11.3. The number of anilines is 1. The maximum absolute atomic E-state index is 11.3. The summed E-state index contributed by atoms with van der Waals surface area (Å²) in [6, 6.07) is 0. The molecule has 0 unspecified atom stereocenters. The number of aromatic nitrogens is 2. The lowest BCUT2D eigenvalue weighted by Gasteiger charge is -2.12. The average molecular weight is 347 g/mol. The molecule has 3 rings (SSSR count). The van der Waals surface area contributed by atoms with Gasteiger partial charge in [0.2, 0.25) is 0 Å². The van der Waals surface area contributed by atoms with Crippen LogP contribution < -0.4 is 5.32 Å². The Morgan fingerprint density at radius 3 is 3.00 bits per heavy atom. The lowest BCUT2D eigenvalue weighted by Crippen LogP contribution is -2.07. The molecule has 24 heavy (non-hydrogen) atoms. The van der Waals surface area contributed by atoms with Crippen molar-refractivity contribution < 1.29 is 9.53 Å². The van der Waals surface area contributed by atoms with Crippen LogP contribution in [0.5, 0.6) is 0 Å². The van der Waals surface area contributed by atoms with Crippen LogP contribution in [-0.2, 0) is 22.4 Å². The highest BCUT2D eigenvalue weighted by Gasteiger charge is 2.19. The van der Waals surface area contributed by atoms with Crippen molar-refractivity contribution in [2.75, 3.05) is 18.5 Å². The number of carbonyl (C=O) groups is 1. The fourth-order valence-electron chi connectivity index (χ4n) is 3.24. The first-order valence-corrected chi connectivity index (χ1v) is 9.76. The number of ether oxygens (including phenoxy) is 1. The van der Waals surface area contributed by atoms with Gasteiger partial charge in [-0.25, -0.2) is 9.97 Å². The monoisotopic (exact) mass is 347 g/mol. The minimum Gasteiger partial charge on any atom is -0.466 e. The van der Waals surface area contributed by atoms with Crippen molar-refractivity contribution in [2.45, 2.75) is 58.3 Å². The van der Waals surface area contributed by atoms with E-state index in [9.17, 15) is 4.79 Å². The molecule has 0 bridgehead atoms. The van der Waals surface area contributed by atoms with Crippen LogP contribution in [0.3, 0.4) is 0 Å². The number of fused-ring (bicyclic) bond motifs is 3. The van der Waals surface area contributed by atoms with E-state index in [2.05, 4.69) is 15.3 Å². The number of nitrogens with one attached hydrogen (secondary N) is 1. The Balaban J connectivity index is 1.52. The number of esters is 1. The Kier molecular flexibility index (Phi) is 6.01. The molecule has 1 aliphatic carbocycles. The number of unbranched alkanes of at least 4 members (excludes halogenated alkanes) is 2. The van der Waals surface area contributed by atoms with Crippen molar-refractivity contribution in [1.29, 1.82) is 0 Å². The molecule has 2 heterocycles. The number of rotatable bonds is 8. The second kappa shape index (κ2) is 8.42. The Bertz CT molecular complexity index is 699. The van der Waals surface area contributed by atoms with Crippen LogP contribution in [0.2, 0.25) is 0 Å². The quantitative estimate of drug-likeness (QED) is 0.575. The summed E-state index contributed by atoms with van der Waals surface area (Å²) in [5.41, 5.74) is 1.46. The van der Waals surface area contributed by atoms with Gasteiger partial charge in [0, 0.05) is 17.8 Å². The van der Waals surface area contributed by atoms with Crippen molar-refractivity contribution in [3.63, 3.8) is 0 Å². The third-order valence-electron chi connectivity index (χ3n) is 4.41. The lowest BCUT2D eigenvalue weighted by molar-refractivity contribution is -0.143. The largest absolute Gasteiger partial charge is 0.466 e. The zero-order valence-corrected chi connectivity index (χ0v) is 15.1. The van der Waals surface area contributed by atoms with Gasteiger partial charge >= 0.3 is 5.97 Å². The molecule has 0 atom stereocenters. The summed E-state index contributed by atoms with van der Waals surface area (Å²) >= 11 is 1.83. The highest BCUT2D eigenvalue weighted by molar-refractivity contribution is 7.19. The van der Waals surface area contributed by atoms with Crippen LogP contribution in [-0.4, -0.2) is 29.1 Å². The summed E-state index contributed by atoms with van der Waals surface area (Å²) in [7, 11) is 0. The molecule has 5 nitrogen and oxygen atoms in total. The number of aryl methyl sites for hydroxylation is 2. The molecule has 0 saturated carbocycles. The molecule has 0 spiro atoms. The molecule has 0 amide bonds. The molecule has 0 saturated heterocycles. The van der Waals surface area contributed by atoms with Gasteiger partial charge in [-0.2, -0.15) is 0 Å².